The number of fused-ring (bicyclic) bond motifs is 1. The maximum absolute atomic E-state index is 5.62. The van der Waals surface area contributed by atoms with Crippen LogP contribution in [-0.4, -0.2) is 47.8 Å². The fourth-order valence-corrected chi connectivity index (χ4v) is 4.76. The van der Waals surface area contributed by atoms with Gasteiger partial charge in [-0.05, 0) is 55.5 Å². The van der Waals surface area contributed by atoms with Crippen molar-refractivity contribution in [3.8, 4) is 5.75 Å². The zero-order chi connectivity index (χ0) is 19.3. The number of benzene rings is 2. The normalized spacial score (nSPS) is 15.0. The smallest absolute Gasteiger partial charge is 0.173 e. The highest BCUT2D eigenvalue weighted by molar-refractivity contribution is 7.80. The molecular formula is C21H25N4OS2+. The number of nitrogens with one attached hydrogen (secondary N) is 2. The molecule has 0 spiro atoms. The van der Waals surface area contributed by atoms with Crippen molar-refractivity contribution in [2.45, 2.75) is 13.5 Å². The zero-order valence-corrected chi connectivity index (χ0v) is 17.6. The SMILES string of the molecule is CCOc1ccc(NC(=S)N2CC[NH+](Cc3nc4ccccc4s3)CC2)cc1. The fourth-order valence-electron chi connectivity index (χ4n) is 3.42. The summed E-state index contributed by atoms with van der Waals surface area (Å²) in [6, 6.07) is 16.3. The molecule has 0 bridgehead atoms. The molecular weight excluding hydrogens is 388 g/mol. The predicted octanol–water partition coefficient (Wildman–Crippen LogP) is 2.79. The highest BCUT2D eigenvalue weighted by Gasteiger charge is 2.23. The van der Waals surface area contributed by atoms with Gasteiger partial charge in [-0.1, -0.05) is 12.1 Å². The van der Waals surface area contributed by atoms with Crippen LogP contribution >= 0.6 is 23.6 Å². The average molecular weight is 414 g/mol. The maximum Gasteiger partial charge on any atom is 0.173 e. The van der Waals surface area contributed by atoms with Gasteiger partial charge in [-0.25, -0.2) is 4.98 Å². The number of anilines is 1. The Hall–Kier alpha value is -2.22. The third-order valence-electron chi connectivity index (χ3n) is 4.91. The van der Waals surface area contributed by atoms with Crippen LogP contribution in [0.3, 0.4) is 0 Å². The van der Waals surface area contributed by atoms with Gasteiger partial charge < -0.3 is 19.9 Å². The van der Waals surface area contributed by atoms with Crippen LogP contribution in [-0.2, 0) is 6.54 Å². The molecule has 0 atom stereocenters. The van der Waals surface area contributed by atoms with E-state index >= 15 is 0 Å². The summed E-state index contributed by atoms with van der Waals surface area (Å²) in [5, 5.41) is 5.36. The summed E-state index contributed by atoms with van der Waals surface area (Å²) in [4.78, 5) is 8.60. The highest BCUT2D eigenvalue weighted by Crippen LogP contribution is 2.21. The van der Waals surface area contributed by atoms with Crippen LogP contribution in [0.1, 0.15) is 11.9 Å². The first-order valence-electron chi connectivity index (χ1n) is 9.68. The molecule has 1 saturated heterocycles. The van der Waals surface area contributed by atoms with Crippen LogP contribution < -0.4 is 15.0 Å². The van der Waals surface area contributed by atoms with Crippen LogP contribution in [0.15, 0.2) is 48.5 Å². The van der Waals surface area contributed by atoms with Gasteiger partial charge in [0.2, 0.25) is 0 Å². The first-order chi connectivity index (χ1) is 13.7. The van der Waals surface area contributed by atoms with Crippen molar-refractivity contribution < 1.29 is 9.64 Å². The maximum atomic E-state index is 5.62. The molecule has 146 valence electrons. The number of hydrogen-bond donors (Lipinski definition) is 2. The minimum absolute atomic E-state index is 0.675. The van der Waals surface area contributed by atoms with Crippen molar-refractivity contribution in [2.24, 2.45) is 0 Å². The Balaban J connectivity index is 1.27. The van der Waals surface area contributed by atoms with E-state index in [0.717, 1.165) is 54.8 Å². The van der Waals surface area contributed by atoms with Crippen molar-refractivity contribution in [3.63, 3.8) is 0 Å². The molecule has 7 heteroatoms. The molecule has 1 aliphatic rings. The molecule has 0 radical (unpaired) electrons. The van der Waals surface area contributed by atoms with Crippen LogP contribution in [0, 0.1) is 0 Å². The van der Waals surface area contributed by atoms with Crippen molar-refractivity contribution in [2.75, 3.05) is 38.1 Å². The number of para-hydroxylation sites is 1. The van der Waals surface area contributed by atoms with Gasteiger partial charge in [-0.3, -0.25) is 0 Å². The lowest BCUT2D eigenvalue weighted by molar-refractivity contribution is -0.917. The number of thiocarbonyl (C=S) groups is 1. The average Bonchev–Trinajstić information content (AvgIpc) is 3.12. The standard InChI is InChI=1S/C21H24N4OS2/c1-2-26-17-9-7-16(8-10-17)22-21(27)25-13-11-24(12-14-25)15-20-23-18-5-3-4-6-19(18)28-20/h3-10H,2,11-15H2,1H3,(H,22,27)/p+1. The summed E-state index contributed by atoms with van der Waals surface area (Å²) in [6.07, 6.45) is 0. The van der Waals surface area contributed by atoms with Crippen LogP contribution in [0.4, 0.5) is 5.69 Å². The molecule has 0 saturated carbocycles. The number of thiazole rings is 1. The molecule has 28 heavy (non-hydrogen) atoms. The lowest BCUT2D eigenvalue weighted by Crippen LogP contribution is -3.13. The number of aromatic nitrogens is 1. The molecule has 1 aliphatic heterocycles. The minimum atomic E-state index is 0.675. The van der Waals surface area contributed by atoms with E-state index < -0.39 is 0 Å². The van der Waals surface area contributed by atoms with Crippen molar-refractivity contribution in [1.29, 1.82) is 0 Å². The monoisotopic (exact) mass is 413 g/mol. The zero-order valence-electron chi connectivity index (χ0n) is 16.0. The number of piperazine rings is 1. The van der Waals surface area contributed by atoms with Crippen LogP contribution in [0.2, 0.25) is 0 Å². The van der Waals surface area contributed by atoms with E-state index in [0.29, 0.717) is 6.61 Å². The number of quaternary nitrogens is 1. The molecule has 0 unspecified atom stereocenters. The van der Waals surface area contributed by atoms with Gasteiger partial charge in [-0.2, -0.15) is 0 Å². The topological polar surface area (TPSA) is 41.8 Å². The largest absolute Gasteiger partial charge is 0.494 e. The summed E-state index contributed by atoms with van der Waals surface area (Å²) in [7, 11) is 0. The van der Waals surface area contributed by atoms with Gasteiger partial charge in [0.1, 0.15) is 17.3 Å². The van der Waals surface area contributed by atoms with Gasteiger partial charge in [0.25, 0.3) is 0 Å². The molecule has 0 aliphatic carbocycles. The Morgan fingerprint density at radius 2 is 1.93 bits per heavy atom. The van der Waals surface area contributed by atoms with Crippen LogP contribution in [0.25, 0.3) is 10.2 Å². The van der Waals surface area contributed by atoms with E-state index in [1.54, 1.807) is 4.90 Å². The number of hydrogen-bond acceptors (Lipinski definition) is 4. The van der Waals surface area contributed by atoms with E-state index in [-0.39, 0.29) is 0 Å². The summed E-state index contributed by atoms with van der Waals surface area (Å²) in [5.74, 6) is 0.881. The Labute approximate surface area is 174 Å². The summed E-state index contributed by atoms with van der Waals surface area (Å²) in [6.45, 7) is 7.72. The van der Waals surface area contributed by atoms with Gasteiger partial charge in [0.05, 0.1) is 43.0 Å². The van der Waals surface area contributed by atoms with Gasteiger partial charge >= 0.3 is 0 Å². The van der Waals surface area contributed by atoms with Crippen molar-refractivity contribution >= 4 is 44.6 Å². The van der Waals surface area contributed by atoms with Gasteiger partial charge in [-0.15, -0.1) is 11.3 Å². The molecule has 3 aromatic rings. The van der Waals surface area contributed by atoms with E-state index in [1.165, 1.54) is 9.71 Å². The van der Waals surface area contributed by atoms with E-state index in [4.69, 9.17) is 21.9 Å². The second kappa shape index (κ2) is 8.86. The lowest BCUT2D eigenvalue weighted by atomic mass is 10.3. The quantitative estimate of drug-likeness (QED) is 0.630. The fraction of sp³-hybridized carbons (Fsp3) is 0.333. The summed E-state index contributed by atoms with van der Waals surface area (Å²) in [5.41, 5.74) is 2.11. The van der Waals surface area contributed by atoms with Crippen molar-refractivity contribution in [1.82, 2.24) is 9.88 Å². The molecule has 0 amide bonds. The molecule has 2 aromatic carbocycles. The Kier molecular flexibility index (Phi) is 6.04. The molecule has 1 fully saturated rings. The minimum Gasteiger partial charge on any atom is -0.494 e. The van der Waals surface area contributed by atoms with Gasteiger partial charge in [0.15, 0.2) is 5.11 Å². The predicted molar refractivity (Wildman–Crippen MR) is 119 cm³/mol. The van der Waals surface area contributed by atoms with Gasteiger partial charge in [0, 0.05) is 5.69 Å². The van der Waals surface area contributed by atoms with Crippen LogP contribution in [0.5, 0.6) is 5.75 Å². The van der Waals surface area contributed by atoms with E-state index in [1.807, 2.05) is 42.5 Å². The Morgan fingerprint density at radius 3 is 2.64 bits per heavy atom. The number of rotatable bonds is 5. The molecule has 1 aromatic heterocycles. The molecule has 2 N–H and O–H groups in total. The van der Waals surface area contributed by atoms with E-state index in [2.05, 4.69) is 34.5 Å². The third kappa shape index (κ3) is 4.60. The Morgan fingerprint density at radius 1 is 1.18 bits per heavy atom. The summed E-state index contributed by atoms with van der Waals surface area (Å²) >= 11 is 7.43. The highest BCUT2D eigenvalue weighted by atomic mass is 32.1. The second-order valence-corrected chi connectivity index (χ2v) is 8.38. The third-order valence-corrected chi connectivity index (χ3v) is 6.31. The summed E-state index contributed by atoms with van der Waals surface area (Å²) < 4.78 is 6.76. The number of nitrogens with zero attached hydrogens (tertiary/aromatic N) is 2. The first-order valence-corrected chi connectivity index (χ1v) is 10.9. The lowest BCUT2D eigenvalue weighted by Gasteiger charge is -2.33. The Bertz CT molecular complexity index is 900. The molecule has 5 nitrogen and oxygen atoms in total. The first kappa shape index (κ1) is 19.1. The number of ether oxygens (including phenoxy) is 1. The van der Waals surface area contributed by atoms with Crippen molar-refractivity contribution in [3.05, 3.63) is 53.5 Å². The second-order valence-electron chi connectivity index (χ2n) is 6.88. The molecule has 4 rings (SSSR count). The molecule has 2 heterocycles. The van der Waals surface area contributed by atoms with E-state index in [9.17, 15) is 0 Å².